The molecule has 0 aliphatic carbocycles. The molecule has 2 aliphatic heterocycles. The average molecular weight is 406 g/mol. The lowest BCUT2D eigenvalue weighted by molar-refractivity contribution is -0.123. The van der Waals surface area contributed by atoms with Crippen molar-refractivity contribution in [3.63, 3.8) is 0 Å². The molecule has 2 saturated heterocycles. The summed E-state index contributed by atoms with van der Waals surface area (Å²) < 4.78 is 40.1. The highest BCUT2D eigenvalue weighted by Gasteiger charge is 2.31. The molecule has 2 N–H and O–H groups in total. The first kappa shape index (κ1) is 21.1. The number of carbonyl (C=O) groups excluding carboxylic acids is 1. The zero-order chi connectivity index (χ0) is 17.9. The molecule has 1 amide bonds. The Kier molecular flexibility index (Phi) is 7.40. The first-order valence-electron chi connectivity index (χ1n) is 8.73. The lowest BCUT2D eigenvalue weighted by atomic mass is 9.99. The van der Waals surface area contributed by atoms with Crippen LogP contribution in [0.25, 0.3) is 0 Å². The van der Waals surface area contributed by atoms with E-state index in [0.717, 1.165) is 38.3 Å². The van der Waals surface area contributed by atoms with Crippen molar-refractivity contribution in [3.8, 4) is 0 Å². The second-order valence-corrected chi connectivity index (χ2v) is 8.66. The molecule has 2 unspecified atom stereocenters. The predicted octanol–water partition coefficient (Wildman–Crippen LogP) is 1.52. The van der Waals surface area contributed by atoms with Crippen molar-refractivity contribution >= 4 is 28.3 Å². The Morgan fingerprint density at radius 2 is 2.12 bits per heavy atom. The molecule has 9 heteroatoms. The number of piperidine rings is 1. The van der Waals surface area contributed by atoms with Gasteiger partial charge in [0, 0.05) is 19.6 Å². The van der Waals surface area contributed by atoms with Gasteiger partial charge in [-0.15, -0.1) is 12.4 Å². The zero-order valence-electron chi connectivity index (χ0n) is 14.5. The highest BCUT2D eigenvalue weighted by atomic mass is 35.5. The Hall–Kier alpha value is -1.22. The molecule has 2 aliphatic rings. The Morgan fingerprint density at radius 3 is 2.81 bits per heavy atom. The van der Waals surface area contributed by atoms with E-state index in [0.29, 0.717) is 19.6 Å². The van der Waals surface area contributed by atoms with Crippen LogP contribution in [0, 0.1) is 11.7 Å². The number of nitrogens with zero attached hydrogens (tertiary/aromatic N) is 1. The third kappa shape index (κ3) is 4.94. The average Bonchev–Trinajstić information content (AvgIpc) is 3.15. The molecule has 0 aromatic heterocycles. The van der Waals surface area contributed by atoms with E-state index in [1.54, 1.807) is 0 Å². The number of carbonyl (C=O) groups is 1. The van der Waals surface area contributed by atoms with Crippen molar-refractivity contribution in [1.82, 2.24) is 14.9 Å². The summed E-state index contributed by atoms with van der Waals surface area (Å²) in [4.78, 5) is 12.1. The molecule has 0 bridgehead atoms. The van der Waals surface area contributed by atoms with Gasteiger partial charge in [0.05, 0.1) is 10.9 Å². The van der Waals surface area contributed by atoms with E-state index in [1.165, 1.54) is 22.5 Å². The highest BCUT2D eigenvalue weighted by Crippen LogP contribution is 2.24. The number of sulfonamides is 1. The number of rotatable bonds is 5. The molecule has 146 valence electrons. The number of nitrogens with one attached hydrogen (secondary N) is 2. The third-order valence-corrected chi connectivity index (χ3v) is 6.72. The fraction of sp³-hybridized carbons (Fsp3) is 0.588. The van der Waals surface area contributed by atoms with Crippen LogP contribution in [0.1, 0.15) is 25.7 Å². The number of hydrogen-bond acceptors (Lipinski definition) is 4. The standard InChI is InChI=1S/C17H24FN3O3S.ClH/c18-14-5-1-6-15(10-14)25(23,24)21-9-3-4-13(12-21)11-20-17(22)16-7-2-8-19-16;/h1,5-6,10,13,16,19H,2-4,7-9,11-12H2,(H,20,22);1H. The lowest BCUT2D eigenvalue weighted by Crippen LogP contribution is -2.46. The molecular weight excluding hydrogens is 381 g/mol. The van der Waals surface area contributed by atoms with E-state index in [4.69, 9.17) is 0 Å². The van der Waals surface area contributed by atoms with E-state index in [1.807, 2.05) is 0 Å². The second kappa shape index (κ2) is 9.12. The summed E-state index contributed by atoms with van der Waals surface area (Å²) in [6.45, 7) is 2.10. The molecule has 0 radical (unpaired) electrons. The largest absolute Gasteiger partial charge is 0.354 e. The van der Waals surface area contributed by atoms with Gasteiger partial charge in [0.15, 0.2) is 0 Å². The molecule has 2 heterocycles. The van der Waals surface area contributed by atoms with Crippen LogP contribution in [0.5, 0.6) is 0 Å². The van der Waals surface area contributed by atoms with Gasteiger partial charge in [0.2, 0.25) is 15.9 Å². The first-order valence-corrected chi connectivity index (χ1v) is 10.2. The number of halogens is 2. The van der Waals surface area contributed by atoms with E-state index in [9.17, 15) is 17.6 Å². The first-order chi connectivity index (χ1) is 12.0. The maximum atomic E-state index is 13.4. The van der Waals surface area contributed by atoms with Crippen molar-refractivity contribution in [1.29, 1.82) is 0 Å². The Balaban J connectivity index is 0.00000243. The highest BCUT2D eigenvalue weighted by molar-refractivity contribution is 7.89. The Labute approximate surface area is 160 Å². The molecule has 1 aromatic carbocycles. The van der Waals surface area contributed by atoms with Crippen LogP contribution in [0.2, 0.25) is 0 Å². The normalized spacial score (nSPS) is 24.0. The molecule has 2 atom stereocenters. The van der Waals surface area contributed by atoms with Crippen LogP contribution < -0.4 is 10.6 Å². The van der Waals surface area contributed by atoms with Gasteiger partial charge in [-0.05, 0) is 56.3 Å². The van der Waals surface area contributed by atoms with E-state index in [2.05, 4.69) is 10.6 Å². The minimum absolute atomic E-state index is 0. The van der Waals surface area contributed by atoms with Gasteiger partial charge in [-0.25, -0.2) is 12.8 Å². The van der Waals surface area contributed by atoms with E-state index < -0.39 is 15.8 Å². The second-order valence-electron chi connectivity index (χ2n) is 6.72. The molecule has 26 heavy (non-hydrogen) atoms. The number of hydrogen-bond donors (Lipinski definition) is 2. The summed E-state index contributed by atoms with van der Waals surface area (Å²) >= 11 is 0. The molecule has 1 aromatic rings. The van der Waals surface area contributed by atoms with Crippen molar-refractivity contribution in [3.05, 3.63) is 30.1 Å². The summed E-state index contributed by atoms with van der Waals surface area (Å²) in [6, 6.07) is 4.96. The van der Waals surface area contributed by atoms with Gasteiger partial charge < -0.3 is 10.6 Å². The van der Waals surface area contributed by atoms with E-state index >= 15 is 0 Å². The number of amides is 1. The van der Waals surface area contributed by atoms with Crippen LogP contribution in [0.15, 0.2) is 29.2 Å². The smallest absolute Gasteiger partial charge is 0.243 e. The van der Waals surface area contributed by atoms with E-state index in [-0.39, 0.29) is 35.2 Å². The summed E-state index contributed by atoms with van der Waals surface area (Å²) in [5.74, 6) is -0.504. The van der Waals surface area contributed by atoms with Crippen molar-refractivity contribution in [2.75, 3.05) is 26.2 Å². The molecule has 6 nitrogen and oxygen atoms in total. The predicted molar refractivity (Wildman–Crippen MR) is 99.2 cm³/mol. The SMILES string of the molecule is Cl.O=C(NCC1CCCN(S(=O)(=O)c2cccc(F)c2)C1)C1CCCN1. The van der Waals surface area contributed by atoms with Gasteiger partial charge in [0.1, 0.15) is 5.82 Å². The fourth-order valence-corrected chi connectivity index (χ4v) is 5.05. The maximum Gasteiger partial charge on any atom is 0.243 e. The quantitative estimate of drug-likeness (QED) is 0.778. The van der Waals surface area contributed by atoms with Crippen molar-refractivity contribution in [2.45, 2.75) is 36.6 Å². The molecule has 2 fully saturated rings. The molecular formula is C17H25ClFN3O3S. The summed E-state index contributed by atoms with van der Waals surface area (Å²) in [6.07, 6.45) is 3.45. The monoisotopic (exact) mass is 405 g/mol. The van der Waals surface area contributed by atoms with Gasteiger partial charge in [-0.2, -0.15) is 4.31 Å². The topological polar surface area (TPSA) is 78.5 Å². The minimum Gasteiger partial charge on any atom is -0.354 e. The summed E-state index contributed by atoms with van der Waals surface area (Å²) in [7, 11) is -3.70. The van der Waals surface area contributed by atoms with Gasteiger partial charge in [0.25, 0.3) is 0 Å². The third-order valence-electron chi connectivity index (χ3n) is 4.86. The molecule has 0 saturated carbocycles. The Bertz CT molecular complexity index is 726. The van der Waals surface area contributed by atoms with Gasteiger partial charge in [-0.3, -0.25) is 4.79 Å². The van der Waals surface area contributed by atoms with Gasteiger partial charge >= 0.3 is 0 Å². The summed E-state index contributed by atoms with van der Waals surface area (Å²) in [5, 5.41) is 6.08. The van der Waals surface area contributed by atoms with Crippen LogP contribution in [-0.4, -0.2) is 50.9 Å². The number of benzene rings is 1. The van der Waals surface area contributed by atoms with Crippen molar-refractivity contribution in [2.24, 2.45) is 5.92 Å². The van der Waals surface area contributed by atoms with Crippen LogP contribution in [-0.2, 0) is 14.8 Å². The molecule has 3 rings (SSSR count). The summed E-state index contributed by atoms with van der Waals surface area (Å²) in [5.41, 5.74) is 0. The van der Waals surface area contributed by atoms with Crippen LogP contribution >= 0.6 is 12.4 Å². The van der Waals surface area contributed by atoms with Crippen LogP contribution in [0.3, 0.4) is 0 Å². The minimum atomic E-state index is -3.70. The molecule has 0 spiro atoms. The van der Waals surface area contributed by atoms with Gasteiger partial charge in [-0.1, -0.05) is 6.07 Å². The van der Waals surface area contributed by atoms with Crippen molar-refractivity contribution < 1.29 is 17.6 Å². The van der Waals surface area contributed by atoms with Crippen LogP contribution in [0.4, 0.5) is 4.39 Å². The fourth-order valence-electron chi connectivity index (χ4n) is 3.46. The zero-order valence-corrected chi connectivity index (χ0v) is 16.1. The Morgan fingerprint density at radius 1 is 1.31 bits per heavy atom. The lowest BCUT2D eigenvalue weighted by Gasteiger charge is -2.32. The maximum absolute atomic E-state index is 13.4.